The van der Waals surface area contributed by atoms with E-state index in [4.69, 9.17) is 0 Å². The molecule has 0 fully saturated rings. The predicted molar refractivity (Wildman–Crippen MR) is 121 cm³/mol. The van der Waals surface area contributed by atoms with E-state index in [9.17, 15) is 4.79 Å². The summed E-state index contributed by atoms with van der Waals surface area (Å²) < 4.78 is 0. The van der Waals surface area contributed by atoms with Crippen LogP contribution in [0.1, 0.15) is 62.3 Å². The number of hydrogen-bond acceptors (Lipinski definition) is 5. The quantitative estimate of drug-likeness (QED) is 0.615. The van der Waals surface area contributed by atoms with Crippen LogP contribution in [-0.2, 0) is 0 Å². The van der Waals surface area contributed by atoms with Gasteiger partial charge in [0.25, 0.3) is 5.91 Å². The van der Waals surface area contributed by atoms with Crippen LogP contribution in [-0.4, -0.2) is 47.0 Å². The molecule has 1 amide bonds. The monoisotopic (exact) mass is 397 g/mol. The molecular weight excluding hydrogens is 362 g/mol. The van der Waals surface area contributed by atoms with E-state index < -0.39 is 0 Å². The lowest BCUT2D eigenvalue weighted by Crippen LogP contribution is -2.33. The van der Waals surface area contributed by atoms with Crippen LogP contribution >= 0.6 is 0 Å². The largest absolute Gasteiger partial charge is 0.372 e. The van der Waals surface area contributed by atoms with Gasteiger partial charge in [0, 0.05) is 43.2 Å². The fourth-order valence-corrected chi connectivity index (χ4v) is 3.44. The Bertz CT molecular complexity index is 811. The highest BCUT2D eigenvalue weighted by atomic mass is 16.2. The first kappa shape index (κ1) is 22.7. The van der Waals surface area contributed by atoms with Crippen molar-refractivity contribution < 1.29 is 4.79 Å². The van der Waals surface area contributed by atoms with Crippen molar-refractivity contribution in [1.29, 1.82) is 0 Å². The Kier molecular flexibility index (Phi) is 8.43. The summed E-state index contributed by atoms with van der Waals surface area (Å²) in [4.78, 5) is 26.1. The SMILES string of the molecule is CCCN(CCC)C(=O)c1cc(C)nc(Nc2ccc(N(CC)CC)cc2C)n1. The van der Waals surface area contributed by atoms with Crippen LogP contribution in [0.25, 0.3) is 0 Å². The summed E-state index contributed by atoms with van der Waals surface area (Å²) in [7, 11) is 0. The topological polar surface area (TPSA) is 61.4 Å². The van der Waals surface area contributed by atoms with Gasteiger partial charge in [0.2, 0.25) is 5.95 Å². The molecule has 0 saturated carbocycles. The second-order valence-corrected chi connectivity index (χ2v) is 7.31. The van der Waals surface area contributed by atoms with Crippen molar-refractivity contribution in [2.45, 2.75) is 54.4 Å². The van der Waals surface area contributed by atoms with Crippen LogP contribution in [0, 0.1) is 13.8 Å². The van der Waals surface area contributed by atoms with E-state index in [1.165, 1.54) is 5.69 Å². The molecule has 0 aliphatic heterocycles. The van der Waals surface area contributed by atoms with Gasteiger partial charge >= 0.3 is 0 Å². The van der Waals surface area contributed by atoms with Crippen molar-refractivity contribution >= 4 is 23.2 Å². The molecular formula is C23H35N5O. The number of benzene rings is 1. The van der Waals surface area contributed by atoms with Crippen molar-refractivity contribution in [3.05, 3.63) is 41.2 Å². The second kappa shape index (κ2) is 10.8. The minimum Gasteiger partial charge on any atom is -0.372 e. The maximum absolute atomic E-state index is 12.9. The lowest BCUT2D eigenvalue weighted by Gasteiger charge is -2.22. The minimum atomic E-state index is -0.0316. The molecule has 0 atom stereocenters. The van der Waals surface area contributed by atoms with E-state index in [1.807, 2.05) is 11.8 Å². The molecule has 0 saturated heterocycles. The Labute approximate surface area is 175 Å². The van der Waals surface area contributed by atoms with Gasteiger partial charge in [0.15, 0.2) is 0 Å². The average molecular weight is 398 g/mol. The summed E-state index contributed by atoms with van der Waals surface area (Å²) in [5.41, 5.74) is 4.49. The minimum absolute atomic E-state index is 0.0316. The lowest BCUT2D eigenvalue weighted by molar-refractivity contribution is 0.0749. The smallest absolute Gasteiger partial charge is 0.272 e. The van der Waals surface area contributed by atoms with Crippen molar-refractivity contribution in [2.75, 3.05) is 36.4 Å². The number of aromatic nitrogens is 2. The highest BCUT2D eigenvalue weighted by molar-refractivity contribution is 5.92. The molecule has 0 aliphatic rings. The molecule has 2 rings (SSSR count). The van der Waals surface area contributed by atoms with Crippen molar-refractivity contribution in [2.24, 2.45) is 0 Å². The Morgan fingerprint density at radius 3 is 2.17 bits per heavy atom. The van der Waals surface area contributed by atoms with Gasteiger partial charge < -0.3 is 15.1 Å². The molecule has 6 nitrogen and oxygen atoms in total. The van der Waals surface area contributed by atoms with Gasteiger partial charge in [-0.1, -0.05) is 13.8 Å². The van der Waals surface area contributed by atoms with Crippen molar-refractivity contribution in [3.63, 3.8) is 0 Å². The summed E-state index contributed by atoms with van der Waals surface area (Å²) in [5, 5.41) is 3.30. The lowest BCUT2D eigenvalue weighted by atomic mass is 10.1. The summed E-state index contributed by atoms with van der Waals surface area (Å²) in [6.07, 6.45) is 1.86. The number of anilines is 3. The fourth-order valence-electron chi connectivity index (χ4n) is 3.44. The zero-order valence-electron chi connectivity index (χ0n) is 18.7. The van der Waals surface area contributed by atoms with Gasteiger partial charge in [-0.05, 0) is 70.4 Å². The number of carbonyl (C=O) groups is 1. The normalized spacial score (nSPS) is 10.7. The molecule has 6 heteroatoms. The third kappa shape index (κ3) is 5.92. The van der Waals surface area contributed by atoms with Gasteiger partial charge in [-0.3, -0.25) is 4.79 Å². The van der Waals surface area contributed by atoms with Gasteiger partial charge in [0.1, 0.15) is 5.69 Å². The first-order valence-corrected chi connectivity index (χ1v) is 10.7. The predicted octanol–water partition coefficient (Wildman–Crippen LogP) is 4.95. The van der Waals surface area contributed by atoms with E-state index in [1.54, 1.807) is 6.07 Å². The Balaban J connectivity index is 2.27. The number of nitrogens with zero attached hydrogens (tertiary/aromatic N) is 4. The number of rotatable bonds is 10. The van der Waals surface area contributed by atoms with Crippen LogP contribution < -0.4 is 10.2 Å². The summed E-state index contributed by atoms with van der Waals surface area (Å²) in [6, 6.07) is 8.09. The molecule has 29 heavy (non-hydrogen) atoms. The van der Waals surface area contributed by atoms with Crippen LogP contribution in [0.5, 0.6) is 0 Å². The summed E-state index contributed by atoms with van der Waals surface area (Å²) >= 11 is 0. The Hall–Kier alpha value is -2.63. The van der Waals surface area contributed by atoms with Crippen LogP contribution in [0.3, 0.4) is 0 Å². The molecule has 158 valence electrons. The average Bonchev–Trinajstić information content (AvgIpc) is 2.70. The van der Waals surface area contributed by atoms with E-state index in [0.717, 1.165) is 56.0 Å². The maximum atomic E-state index is 12.9. The third-order valence-electron chi connectivity index (χ3n) is 4.93. The maximum Gasteiger partial charge on any atom is 0.272 e. The van der Waals surface area contributed by atoms with E-state index >= 15 is 0 Å². The first-order chi connectivity index (χ1) is 13.9. The number of hydrogen-bond donors (Lipinski definition) is 1. The molecule has 0 unspecified atom stereocenters. The van der Waals surface area contributed by atoms with Crippen LogP contribution in [0.15, 0.2) is 24.3 Å². The van der Waals surface area contributed by atoms with Gasteiger partial charge in [0.05, 0.1) is 0 Å². The van der Waals surface area contributed by atoms with Crippen molar-refractivity contribution in [3.8, 4) is 0 Å². The third-order valence-corrected chi connectivity index (χ3v) is 4.93. The van der Waals surface area contributed by atoms with Gasteiger partial charge in [-0.2, -0.15) is 0 Å². The van der Waals surface area contributed by atoms with Crippen molar-refractivity contribution in [1.82, 2.24) is 14.9 Å². The van der Waals surface area contributed by atoms with E-state index in [-0.39, 0.29) is 5.91 Å². The number of amides is 1. The molecule has 0 aliphatic carbocycles. The fraction of sp³-hybridized carbons (Fsp3) is 0.522. The Morgan fingerprint density at radius 1 is 0.966 bits per heavy atom. The van der Waals surface area contributed by atoms with E-state index in [2.05, 4.69) is 73.0 Å². The summed E-state index contributed by atoms with van der Waals surface area (Å²) in [5.74, 6) is 0.427. The summed E-state index contributed by atoms with van der Waals surface area (Å²) in [6.45, 7) is 15.9. The molecule has 0 radical (unpaired) electrons. The highest BCUT2D eigenvalue weighted by Crippen LogP contribution is 2.25. The van der Waals surface area contributed by atoms with Crippen LogP contribution in [0.4, 0.5) is 17.3 Å². The highest BCUT2D eigenvalue weighted by Gasteiger charge is 2.17. The first-order valence-electron chi connectivity index (χ1n) is 10.7. The van der Waals surface area contributed by atoms with Crippen LogP contribution in [0.2, 0.25) is 0 Å². The second-order valence-electron chi connectivity index (χ2n) is 7.31. The van der Waals surface area contributed by atoms with E-state index in [0.29, 0.717) is 11.6 Å². The molecule has 2 aromatic rings. The van der Waals surface area contributed by atoms with Gasteiger partial charge in [-0.15, -0.1) is 0 Å². The number of nitrogens with one attached hydrogen (secondary N) is 1. The molecule has 1 aromatic carbocycles. The molecule has 1 N–H and O–H groups in total. The number of aryl methyl sites for hydroxylation is 2. The van der Waals surface area contributed by atoms with Gasteiger partial charge in [-0.25, -0.2) is 9.97 Å². The molecule has 1 heterocycles. The standard InChI is InChI=1S/C23H35N5O/c1-7-13-28(14-8-2)22(29)21-16-18(6)24-23(26-21)25-20-12-11-19(15-17(20)5)27(9-3)10-4/h11-12,15-16H,7-10,13-14H2,1-6H3,(H,24,25,26). The Morgan fingerprint density at radius 2 is 1.62 bits per heavy atom. The zero-order valence-corrected chi connectivity index (χ0v) is 18.7. The molecule has 0 spiro atoms. The molecule has 0 bridgehead atoms. The zero-order chi connectivity index (χ0) is 21.4. The molecule has 1 aromatic heterocycles. The number of carbonyl (C=O) groups excluding carboxylic acids is 1.